The molecule has 0 aliphatic carbocycles. The lowest BCUT2D eigenvalue weighted by Crippen LogP contribution is -2.29. The molecule has 1 fully saturated rings. The van der Waals surface area contributed by atoms with E-state index >= 15 is 0 Å². The van der Waals surface area contributed by atoms with Crippen molar-refractivity contribution in [2.45, 2.75) is 26.4 Å². The van der Waals surface area contributed by atoms with Crippen LogP contribution in [0.2, 0.25) is 0 Å². The Bertz CT molecular complexity index is 869. The molecule has 2 heterocycles. The second-order valence-corrected chi connectivity index (χ2v) is 7.02. The second-order valence-electron chi connectivity index (χ2n) is 7.02. The Balaban J connectivity index is 1.64. The number of rotatable bonds is 6. The van der Waals surface area contributed by atoms with Crippen molar-refractivity contribution in [3.05, 3.63) is 59.9 Å². The number of anilines is 1. The fourth-order valence-electron chi connectivity index (χ4n) is 3.17. The van der Waals surface area contributed by atoms with E-state index in [0.29, 0.717) is 25.3 Å². The number of amides is 3. The summed E-state index contributed by atoms with van der Waals surface area (Å²) in [6.45, 7) is 2.68. The van der Waals surface area contributed by atoms with Gasteiger partial charge in [-0.3, -0.25) is 19.4 Å². The number of likely N-dealkylation sites (tertiary alicyclic amines) is 1. The lowest BCUT2D eigenvalue weighted by Gasteiger charge is -2.19. The van der Waals surface area contributed by atoms with Gasteiger partial charge in [-0.25, -0.2) is 0 Å². The quantitative estimate of drug-likeness (QED) is 0.831. The van der Waals surface area contributed by atoms with E-state index in [-0.39, 0.29) is 24.1 Å². The van der Waals surface area contributed by atoms with Crippen LogP contribution in [0.4, 0.5) is 5.69 Å². The van der Waals surface area contributed by atoms with E-state index in [2.05, 4.69) is 10.3 Å². The molecule has 0 saturated carbocycles. The van der Waals surface area contributed by atoms with E-state index in [1.165, 1.54) is 6.92 Å². The van der Waals surface area contributed by atoms with Crippen molar-refractivity contribution in [3.8, 4) is 0 Å². The molecule has 1 aromatic heterocycles. The molecular weight excluding hydrogens is 356 g/mol. The van der Waals surface area contributed by atoms with Crippen molar-refractivity contribution in [3.63, 3.8) is 0 Å². The molecule has 0 spiro atoms. The SMILES string of the molecule is CC(=O)N(C)Cc1ccccc1NC(=O)C1CC(=O)N(Cc2ccccn2)C1. The van der Waals surface area contributed by atoms with Gasteiger partial charge in [0.25, 0.3) is 0 Å². The molecule has 146 valence electrons. The van der Waals surface area contributed by atoms with E-state index in [4.69, 9.17) is 0 Å². The van der Waals surface area contributed by atoms with Gasteiger partial charge in [0.05, 0.1) is 18.2 Å². The normalized spacial score (nSPS) is 16.1. The average Bonchev–Trinajstić information content (AvgIpc) is 3.04. The number of para-hydroxylation sites is 1. The summed E-state index contributed by atoms with van der Waals surface area (Å²) >= 11 is 0. The highest BCUT2D eigenvalue weighted by Crippen LogP contribution is 2.23. The number of hydrogen-bond donors (Lipinski definition) is 1. The maximum absolute atomic E-state index is 12.7. The fourth-order valence-corrected chi connectivity index (χ4v) is 3.17. The zero-order chi connectivity index (χ0) is 20.1. The van der Waals surface area contributed by atoms with E-state index in [0.717, 1.165) is 11.3 Å². The summed E-state index contributed by atoms with van der Waals surface area (Å²) in [5.41, 5.74) is 2.31. The summed E-state index contributed by atoms with van der Waals surface area (Å²) in [5, 5.41) is 2.93. The first-order chi connectivity index (χ1) is 13.4. The van der Waals surface area contributed by atoms with Crippen LogP contribution in [0.3, 0.4) is 0 Å². The van der Waals surface area contributed by atoms with Crippen molar-refractivity contribution in [1.82, 2.24) is 14.8 Å². The van der Waals surface area contributed by atoms with Gasteiger partial charge in [-0.1, -0.05) is 24.3 Å². The molecule has 7 heteroatoms. The minimum absolute atomic E-state index is 0.0459. The molecule has 1 atom stereocenters. The molecule has 1 unspecified atom stereocenters. The van der Waals surface area contributed by atoms with E-state index in [1.807, 2.05) is 42.5 Å². The number of aromatic nitrogens is 1. The molecule has 0 bridgehead atoms. The predicted molar refractivity (Wildman–Crippen MR) is 105 cm³/mol. The van der Waals surface area contributed by atoms with Crippen LogP contribution < -0.4 is 5.32 Å². The first-order valence-electron chi connectivity index (χ1n) is 9.22. The zero-order valence-electron chi connectivity index (χ0n) is 16.1. The summed E-state index contributed by atoms with van der Waals surface area (Å²) in [5.74, 6) is -0.687. The third-order valence-electron chi connectivity index (χ3n) is 4.88. The summed E-state index contributed by atoms with van der Waals surface area (Å²) in [4.78, 5) is 44.0. The molecule has 2 aromatic rings. The van der Waals surface area contributed by atoms with Gasteiger partial charge in [0.1, 0.15) is 0 Å². The number of benzene rings is 1. The van der Waals surface area contributed by atoms with Gasteiger partial charge < -0.3 is 15.1 Å². The maximum atomic E-state index is 12.7. The minimum Gasteiger partial charge on any atom is -0.342 e. The van der Waals surface area contributed by atoms with Crippen molar-refractivity contribution in [2.24, 2.45) is 5.92 Å². The van der Waals surface area contributed by atoms with Gasteiger partial charge in [0.2, 0.25) is 17.7 Å². The van der Waals surface area contributed by atoms with Crippen LogP contribution in [-0.2, 0) is 27.5 Å². The molecule has 7 nitrogen and oxygen atoms in total. The molecule has 1 aromatic carbocycles. The Morgan fingerprint density at radius 1 is 1.21 bits per heavy atom. The third-order valence-corrected chi connectivity index (χ3v) is 4.88. The standard InChI is InChI=1S/C21H24N4O3/c1-15(26)24(2)12-16-7-3-4-9-19(16)23-21(28)17-11-20(27)25(13-17)14-18-8-5-6-10-22-18/h3-10,17H,11-14H2,1-2H3,(H,23,28). The lowest BCUT2D eigenvalue weighted by atomic mass is 10.1. The van der Waals surface area contributed by atoms with Crippen molar-refractivity contribution < 1.29 is 14.4 Å². The Hall–Kier alpha value is -3.22. The summed E-state index contributed by atoms with van der Waals surface area (Å²) in [6, 6.07) is 13.0. The zero-order valence-corrected chi connectivity index (χ0v) is 16.1. The highest BCUT2D eigenvalue weighted by molar-refractivity contribution is 5.97. The number of hydrogen-bond acceptors (Lipinski definition) is 4. The van der Waals surface area contributed by atoms with Gasteiger partial charge in [0.15, 0.2) is 0 Å². The minimum atomic E-state index is -0.408. The maximum Gasteiger partial charge on any atom is 0.229 e. The largest absolute Gasteiger partial charge is 0.342 e. The van der Waals surface area contributed by atoms with Crippen molar-refractivity contribution >= 4 is 23.4 Å². The van der Waals surface area contributed by atoms with Gasteiger partial charge in [-0.2, -0.15) is 0 Å². The molecule has 3 amide bonds. The van der Waals surface area contributed by atoms with Crippen LogP contribution in [0.15, 0.2) is 48.7 Å². The summed E-state index contributed by atoms with van der Waals surface area (Å²) in [6.07, 6.45) is 1.88. The molecule has 1 saturated heterocycles. The highest BCUT2D eigenvalue weighted by Gasteiger charge is 2.34. The number of carbonyl (C=O) groups excluding carboxylic acids is 3. The van der Waals surface area contributed by atoms with Crippen molar-refractivity contribution in [2.75, 3.05) is 18.9 Å². The first-order valence-corrected chi connectivity index (χ1v) is 9.22. The van der Waals surface area contributed by atoms with Crippen LogP contribution in [0.1, 0.15) is 24.6 Å². The summed E-state index contributed by atoms with van der Waals surface area (Å²) < 4.78 is 0. The molecule has 1 N–H and O–H groups in total. The van der Waals surface area contributed by atoms with Crippen LogP contribution in [0, 0.1) is 5.92 Å². The molecule has 1 aliphatic rings. The molecular formula is C21H24N4O3. The first kappa shape index (κ1) is 19.5. The van der Waals surface area contributed by atoms with Gasteiger partial charge in [-0.15, -0.1) is 0 Å². The number of nitrogens with zero attached hydrogens (tertiary/aromatic N) is 3. The molecule has 1 aliphatic heterocycles. The van der Waals surface area contributed by atoms with Gasteiger partial charge in [-0.05, 0) is 23.8 Å². The topological polar surface area (TPSA) is 82.6 Å². The number of nitrogens with one attached hydrogen (secondary N) is 1. The monoisotopic (exact) mass is 380 g/mol. The predicted octanol–water partition coefficient (Wildman–Crippen LogP) is 2.05. The van der Waals surface area contributed by atoms with Crippen LogP contribution in [0.25, 0.3) is 0 Å². The van der Waals surface area contributed by atoms with E-state index < -0.39 is 5.92 Å². The van der Waals surface area contributed by atoms with E-state index in [1.54, 1.807) is 23.0 Å². The second kappa shape index (κ2) is 8.65. The Morgan fingerprint density at radius 3 is 2.68 bits per heavy atom. The number of carbonyl (C=O) groups is 3. The molecule has 3 rings (SSSR count). The number of pyridine rings is 1. The Kier molecular flexibility index (Phi) is 6.03. The Labute approximate surface area is 164 Å². The van der Waals surface area contributed by atoms with Gasteiger partial charge >= 0.3 is 0 Å². The molecule has 28 heavy (non-hydrogen) atoms. The lowest BCUT2D eigenvalue weighted by molar-refractivity contribution is -0.129. The third kappa shape index (κ3) is 4.73. The molecule has 0 radical (unpaired) electrons. The highest BCUT2D eigenvalue weighted by atomic mass is 16.2. The van der Waals surface area contributed by atoms with E-state index in [9.17, 15) is 14.4 Å². The summed E-state index contributed by atoms with van der Waals surface area (Å²) in [7, 11) is 1.71. The fraction of sp³-hybridized carbons (Fsp3) is 0.333. The van der Waals surface area contributed by atoms with Crippen LogP contribution >= 0.6 is 0 Å². The van der Waals surface area contributed by atoms with Crippen LogP contribution in [-0.4, -0.2) is 46.1 Å². The van der Waals surface area contributed by atoms with Gasteiger partial charge in [0, 0.05) is 45.4 Å². The van der Waals surface area contributed by atoms with Crippen LogP contribution in [0.5, 0.6) is 0 Å². The smallest absolute Gasteiger partial charge is 0.229 e. The Morgan fingerprint density at radius 2 is 1.96 bits per heavy atom. The van der Waals surface area contributed by atoms with Crippen molar-refractivity contribution in [1.29, 1.82) is 0 Å². The average molecular weight is 380 g/mol.